The fourth-order valence-corrected chi connectivity index (χ4v) is 4.28. The standard InChI is InChI=1S/C30H35N7O4/c1-30(2,3)25-19-26(37(35-25)22-9-7-10-23(18-22)39-4)33-29(38)32-20-21-8-5-6-11-24(21)41-27-12-13-31-28(34-27)36-14-16-40-17-15-36/h5-13,18-19H,14-17,20H2,1-4H3,(H2,32,33,38). The maximum absolute atomic E-state index is 13.1. The van der Waals surface area contributed by atoms with Crippen molar-refractivity contribution >= 4 is 17.8 Å². The van der Waals surface area contributed by atoms with E-state index in [1.165, 1.54) is 0 Å². The van der Waals surface area contributed by atoms with Gasteiger partial charge in [0.25, 0.3) is 0 Å². The first-order valence-electron chi connectivity index (χ1n) is 13.5. The summed E-state index contributed by atoms with van der Waals surface area (Å²) in [7, 11) is 1.62. The number of para-hydroxylation sites is 1. The van der Waals surface area contributed by atoms with Crippen molar-refractivity contribution in [2.45, 2.75) is 32.7 Å². The van der Waals surface area contributed by atoms with Gasteiger partial charge in [-0.2, -0.15) is 10.1 Å². The Balaban J connectivity index is 1.29. The van der Waals surface area contributed by atoms with Crippen LogP contribution in [0.1, 0.15) is 32.0 Å². The number of carbonyl (C=O) groups is 1. The molecular formula is C30H35N7O4. The second-order valence-electron chi connectivity index (χ2n) is 10.6. The van der Waals surface area contributed by atoms with Gasteiger partial charge in [0.2, 0.25) is 11.8 Å². The van der Waals surface area contributed by atoms with Gasteiger partial charge in [-0.25, -0.2) is 14.5 Å². The number of nitrogens with one attached hydrogen (secondary N) is 2. The van der Waals surface area contributed by atoms with Crippen LogP contribution in [-0.4, -0.2) is 59.2 Å². The largest absolute Gasteiger partial charge is 0.497 e. The number of morpholine rings is 1. The third-order valence-electron chi connectivity index (χ3n) is 6.56. The summed E-state index contributed by atoms with van der Waals surface area (Å²) < 4.78 is 18.6. The lowest BCUT2D eigenvalue weighted by Crippen LogP contribution is -2.37. The van der Waals surface area contributed by atoms with Crippen LogP contribution in [0.3, 0.4) is 0 Å². The minimum atomic E-state index is -0.374. The normalized spacial score (nSPS) is 13.5. The van der Waals surface area contributed by atoms with Gasteiger partial charge in [-0.05, 0) is 18.2 Å². The number of amides is 2. The summed E-state index contributed by atoms with van der Waals surface area (Å²) in [4.78, 5) is 24.1. The van der Waals surface area contributed by atoms with Crippen molar-refractivity contribution in [3.8, 4) is 23.1 Å². The zero-order valence-electron chi connectivity index (χ0n) is 23.8. The van der Waals surface area contributed by atoms with Gasteiger partial charge in [0.15, 0.2) is 0 Å². The summed E-state index contributed by atoms with van der Waals surface area (Å²) in [6.07, 6.45) is 1.68. The topological polar surface area (TPSA) is 116 Å². The smallest absolute Gasteiger partial charge is 0.320 e. The van der Waals surface area contributed by atoms with Crippen LogP contribution in [0.5, 0.6) is 17.4 Å². The van der Waals surface area contributed by atoms with Crippen molar-refractivity contribution in [2.75, 3.05) is 43.6 Å². The van der Waals surface area contributed by atoms with Crippen LogP contribution in [-0.2, 0) is 16.7 Å². The molecule has 1 aliphatic heterocycles. The summed E-state index contributed by atoms with van der Waals surface area (Å²) in [5.41, 5.74) is 2.20. The van der Waals surface area contributed by atoms with E-state index in [-0.39, 0.29) is 18.0 Å². The third-order valence-corrected chi connectivity index (χ3v) is 6.56. The summed E-state index contributed by atoms with van der Waals surface area (Å²) in [6, 6.07) is 18.3. The molecule has 11 nitrogen and oxygen atoms in total. The number of aromatic nitrogens is 4. The Hall–Kier alpha value is -4.64. The highest BCUT2D eigenvalue weighted by Gasteiger charge is 2.22. The highest BCUT2D eigenvalue weighted by atomic mass is 16.5. The first-order valence-corrected chi connectivity index (χ1v) is 13.5. The predicted octanol–water partition coefficient (Wildman–Crippen LogP) is 4.92. The zero-order chi connectivity index (χ0) is 28.8. The van der Waals surface area contributed by atoms with E-state index in [4.69, 9.17) is 19.3 Å². The van der Waals surface area contributed by atoms with Gasteiger partial charge < -0.3 is 24.4 Å². The Labute approximate surface area is 239 Å². The molecule has 0 unspecified atom stereocenters. The molecule has 214 valence electrons. The van der Waals surface area contributed by atoms with Crippen molar-refractivity contribution in [1.82, 2.24) is 25.1 Å². The minimum Gasteiger partial charge on any atom is -0.497 e. The maximum atomic E-state index is 13.1. The molecule has 11 heteroatoms. The van der Waals surface area contributed by atoms with E-state index < -0.39 is 0 Å². The highest BCUT2D eigenvalue weighted by Crippen LogP contribution is 2.28. The van der Waals surface area contributed by atoms with Gasteiger partial charge in [0, 0.05) is 55.0 Å². The van der Waals surface area contributed by atoms with Gasteiger partial charge in [-0.1, -0.05) is 45.0 Å². The van der Waals surface area contributed by atoms with Gasteiger partial charge in [0.05, 0.1) is 31.7 Å². The van der Waals surface area contributed by atoms with Crippen LogP contribution in [0.4, 0.5) is 16.6 Å². The molecule has 1 fully saturated rings. The van der Waals surface area contributed by atoms with Crippen molar-refractivity contribution in [3.63, 3.8) is 0 Å². The van der Waals surface area contributed by atoms with E-state index >= 15 is 0 Å². The van der Waals surface area contributed by atoms with Crippen molar-refractivity contribution in [3.05, 3.63) is 78.1 Å². The molecule has 0 atom stereocenters. The molecule has 4 aromatic rings. The number of rotatable bonds is 8. The van der Waals surface area contributed by atoms with Crippen LogP contribution in [0, 0.1) is 0 Å². The molecule has 0 spiro atoms. The Morgan fingerprint density at radius 2 is 1.85 bits per heavy atom. The average Bonchev–Trinajstić information content (AvgIpc) is 3.42. The molecule has 5 rings (SSSR count). The molecule has 1 saturated heterocycles. The Kier molecular flexibility index (Phi) is 8.34. The molecule has 0 bridgehead atoms. The number of methoxy groups -OCH3 is 1. The Bertz CT molecular complexity index is 1490. The number of anilines is 2. The van der Waals surface area contributed by atoms with Crippen LogP contribution >= 0.6 is 0 Å². The van der Waals surface area contributed by atoms with Crippen molar-refractivity contribution < 1.29 is 19.0 Å². The van der Waals surface area contributed by atoms with Crippen LogP contribution in [0.2, 0.25) is 0 Å². The molecule has 0 radical (unpaired) electrons. The number of benzene rings is 2. The fraction of sp³-hybridized carbons (Fsp3) is 0.333. The summed E-state index contributed by atoms with van der Waals surface area (Å²) in [5, 5.41) is 10.7. The van der Waals surface area contributed by atoms with E-state index in [0.717, 1.165) is 30.0 Å². The third kappa shape index (κ3) is 6.93. The van der Waals surface area contributed by atoms with Crippen LogP contribution < -0.4 is 25.0 Å². The highest BCUT2D eigenvalue weighted by molar-refractivity contribution is 5.88. The van der Waals surface area contributed by atoms with Crippen molar-refractivity contribution in [1.29, 1.82) is 0 Å². The molecule has 0 aliphatic carbocycles. The number of hydrogen-bond acceptors (Lipinski definition) is 8. The van der Waals surface area contributed by atoms with E-state index in [2.05, 4.69) is 46.3 Å². The maximum Gasteiger partial charge on any atom is 0.320 e. The van der Waals surface area contributed by atoms with Crippen LogP contribution in [0.15, 0.2) is 66.9 Å². The van der Waals surface area contributed by atoms with E-state index in [9.17, 15) is 4.79 Å². The van der Waals surface area contributed by atoms with Gasteiger partial charge in [0.1, 0.15) is 17.3 Å². The molecule has 1 aliphatic rings. The lowest BCUT2D eigenvalue weighted by molar-refractivity contribution is 0.122. The monoisotopic (exact) mass is 557 g/mol. The number of urea groups is 1. The van der Waals surface area contributed by atoms with Gasteiger partial charge >= 0.3 is 6.03 Å². The van der Waals surface area contributed by atoms with E-state index in [1.807, 2.05) is 54.6 Å². The molecule has 41 heavy (non-hydrogen) atoms. The van der Waals surface area contributed by atoms with Crippen LogP contribution in [0.25, 0.3) is 5.69 Å². The van der Waals surface area contributed by atoms with E-state index in [0.29, 0.717) is 42.4 Å². The van der Waals surface area contributed by atoms with Gasteiger partial charge in [-0.15, -0.1) is 0 Å². The zero-order valence-corrected chi connectivity index (χ0v) is 23.8. The fourth-order valence-electron chi connectivity index (χ4n) is 4.28. The number of ether oxygens (including phenoxy) is 3. The quantitative estimate of drug-likeness (QED) is 0.314. The summed E-state index contributed by atoms with van der Waals surface area (Å²) in [6.45, 7) is 9.21. The lowest BCUT2D eigenvalue weighted by atomic mass is 9.92. The molecule has 2 amide bonds. The minimum absolute atomic E-state index is 0.212. The first-order chi connectivity index (χ1) is 19.8. The second kappa shape index (κ2) is 12.3. The molecule has 2 aromatic carbocycles. The van der Waals surface area contributed by atoms with E-state index in [1.54, 1.807) is 24.1 Å². The first kappa shape index (κ1) is 27.9. The molecule has 0 saturated carbocycles. The SMILES string of the molecule is COc1cccc(-n2nc(C(C)(C)C)cc2NC(=O)NCc2ccccc2Oc2ccnc(N3CCOCC3)n2)c1. The number of hydrogen-bond donors (Lipinski definition) is 2. The summed E-state index contributed by atoms with van der Waals surface area (Å²) >= 11 is 0. The Morgan fingerprint density at radius 1 is 1.05 bits per heavy atom. The molecular weight excluding hydrogens is 522 g/mol. The number of nitrogens with zero attached hydrogens (tertiary/aromatic N) is 5. The second-order valence-corrected chi connectivity index (χ2v) is 10.6. The number of carbonyl (C=O) groups excluding carboxylic acids is 1. The van der Waals surface area contributed by atoms with Gasteiger partial charge in [-0.3, -0.25) is 5.32 Å². The van der Waals surface area contributed by atoms with Crippen molar-refractivity contribution in [2.24, 2.45) is 0 Å². The molecule has 2 aromatic heterocycles. The lowest BCUT2D eigenvalue weighted by Gasteiger charge is -2.26. The molecule has 3 heterocycles. The predicted molar refractivity (Wildman–Crippen MR) is 156 cm³/mol. The Morgan fingerprint density at radius 3 is 2.63 bits per heavy atom. The average molecular weight is 558 g/mol. The summed E-state index contributed by atoms with van der Waals surface area (Å²) in [5.74, 6) is 2.86. The molecule has 2 N–H and O–H groups in total.